The molecule has 0 aromatic carbocycles. The molecule has 3 fully saturated rings. The standard InChI is InChI=1S/C24H39N3O4/c1-29-17-13-24(23-25-22(31-26-23)20-10-15-30-16-11-20)12-5-14-27(18-24)21(28)9-8-19-6-3-2-4-7-19/h19-20H,2-18H2,1H3. The Morgan fingerprint density at radius 3 is 2.74 bits per heavy atom. The number of carbonyl (C=O) groups excluding carboxylic acids is 1. The van der Waals surface area contributed by atoms with Gasteiger partial charge in [0.2, 0.25) is 11.8 Å². The number of carbonyl (C=O) groups is 1. The van der Waals surface area contributed by atoms with Crippen molar-refractivity contribution in [3.8, 4) is 0 Å². The van der Waals surface area contributed by atoms with Crippen LogP contribution in [-0.4, -0.2) is 61.0 Å². The van der Waals surface area contributed by atoms with Crippen molar-refractivity contribution in [3.05, 3.63) is 11.7 Å². The molecule has 7 nitrogen and oxygen atoms in total. The Bertz CT molecular complexity index is 697. The summed E-state index contributed by atoms with van der Waals surface area (Å²) in [6, 6.07) is 0. The Hall–Kier alpha value is -1.47. The van der Waals surface area contributed by atoms with Crippen molar-refractivity contribution in [2.45, 2.75) is 88.4 Å². The molecule has 7 heteroatoms. The Morgan fingerprint density at radius 2 is 1.97 bits per heavy atom. The van der Waals surface area contributed by atoms with Crippen molar-refractivity contribution < 1.29 is 18.8 Å². The fraction of sp³-hybridized carbons (Fsp3) is 0.875. The van der Waals surface area contributed by atoms with E-state index in [1.54, 1.807) is 7.11 Å². The van der Waals surface area contributed by atoms with Gasteiger partial charge in [-0.05, 0) is 44.4 Å². The van der Waals surface area contributed by atoms with Gasteiger partial charge in [-0.15, -0.1) is 0 Å². The molecule has 3 heterocycles. The van der Waals surface area contributed by atoms with E-state index in [0.29, 0.717) is 25.5 Å². The number of ether oxygens (including phenoxy) is 2. The predicted octanol–water partition coefficient (Wildman–Crippen LogP) is 4.22. The van der Waals surface area contributed by atoms with Crippen LogP contribution in [0.5, 0.6) is 0 Å². The molecule has 0 N–H and O–H groups in total. The van der Waals surface area contributed by atoms with Gasteiger partial charge in [-0.25, -0.2) is 0 Å². The van der Waals surface area contributed by atoms with Crippen LogP contribution >= 0.6 is 0 Å². The van der Waals surface area contributed by atoms with Gasteiger partial charge in [0.25, 0.3) is 0 Å². The highest BCUT2D eigenvalue weighted by molar-refractivity contribution is 5.76. The summed E-state index contributed by atoms with van der Waals surface area (Å²) in [5.74, 6) is 2.80. The maximum absolute atomic E-state index is 13.1. The molecule has 2 saturated heterocycles. The molecule has 174 valence electrons. The molecule has 1 amide bonds. The van der Waals surface area contributed by atoms with E-state index < -0.39 is 0 Å². The summed E-state index contributed by atoms with van der Waals surface area (Å²) in [6.07, 6.45) is 12.9. The lowest BCUT2D eigenvalue weighted by atomic mass is 9.76. The van der Waals surface area contributed by atoms with Crippen LogP contribution in [0, 0.1) is 5.92 Å². The molecule has 2 aliphatic heterocycles. The van der Waals surface area contributed by atoms with E-state index in [-0.39, 0.29) is 11.3 Å². The predicted molar refractivity (Wildman–Crippen MR) is 117 cm³/mol. The number of piperidine rings is 1. The van der Waals surface area contributed by atoms with Crippen molar-refractivity contribution in [3.63, 3.8) is 0 Å². The second-order valence-electron chi connectivity index (χ2n) is 9.83. The molecule has 1 unspecified atom stereocenters. The van der Waals surface area contributed by atoms with Crippen molar-refractivity contribution in [1.82, 2.24) is 15.0 Å². The Morgan fingerprint density at radius 1 is 1.16 bits per heavy atom. The van der Waals surface area contributed by atoms with Crippen LogP contribution in [0.25, 0.3) is 0 Å². The van der Waals surface area contributed by atoms with Gasteiger partial charge in [-0.1, -0.05) is 37.3 Å². The lowest BCUT2D eigenvalue weighted by Crippen LogP contribution is -2.49. The Kier molecular flexibility index (Phi) is 7.99. The molecule has 1 aromatic rings. The topological polar surface area (TPSA) is 77.7 Å². The molecule has 0 bridgehead atoms. The summed E-state index contributed by atoms with van der Waals surface area (Å²) in [7, 11) is 1.73. The number of hydrogen-bond donors (Lipinski definition) is 0. The van der Waals surface area contributed by atoms with Crippen LogP contribution in [0.15, 0.2) is 4.52 Å². The summed E-state index contributed by atoms with van der Waals surface area (Å²) in [4.78, 5) is 20.0. The smallest absolute Gasteiger partial charge is 0.229 e. The minimum Gasteiger partial charge on any atom is -0.385 e. The molecule has 4 rings (SSSR count). The van der Waals surface area contributed by atoms with E-state index in [2.05, 4.69) is 10.1 Å². The third kappa shape index (κ3) is 5.67. The molecule has 1 aliphatic carbocycles. The Labute approximate surface area is 186 Å². The number of methoxy groups -OCH3 is 1. The quantitative estimate of drug-likeness (QED) is 0.611. The van der Waals surface area contributed by atoms with Crippen molar-refractivity contribution >= 4 is 5.91 Å². The highest BCUT2D eigenvalue weighted by atomic mass is 16.5. The largest absolute Gasteiger partial charge is 0.385 e. The maximum atomic E-state index is 13.1. The molecule has 1 atom stereocenters. The average Bonchev–Trinajstić information content (AvgIpc) is 3.34. The van der Waals surface area contributed by atoms with E-state index in [1.807, 2.05) is 0 Å². The van der Waals surface area contributed by atoms with Crippen LogP contribution in [0.4, 0.5) is 0 Å². The summed E-state index contributed by atoms with van der Waals surface area (Å²) < 4.78 is 16.6. The van der Waals surface area contributed by atoms with Gasteiger partial charge in [0.05, 0.1) is 5.41 Å². The lowest BCUT2D eigenvalue weighted by molar-refractivity contribution is -0.134. The molecule has 1 aromatic heterocycles. The van der Waals surface area contributed by atoms with Crippen LogP contribution in [-0.2, 0) is 19.7 Å². The number of rotatable bonds is 8. The van der Waals surface area contributed by atoms with Gasteiger partial charge in [0.15, 0.2) is 5.82 Å². The summed E-state index contributed by atoms with van der Waals surface area (Å²) >= 11 is 0. The first-order valence-electron chi connectivity index (χ1n) is 12.4. The normalized spacial score (nSPS) is 26.3. The monoisotopic (exact) mass is 433 g/mol. The number of likely N-dealkylation sites (tertiary alicyclic amines) is 1. The van der Waals surface area contributed by atoms with Crippen LogP contribution in [0.1, 0.15) is 94.7 Å². The third-order valence-corrected chi connectivity index (χ3v) is 7.69. The zero-order valence-corrected chi connectivity index (χ0v) is 19.2. The van der Waals surface area contributed by atoms with Crippen molar-refractivity contribution in [2.24, 2.45) is 5.92 Å². The van der Waals surface area contributed by atoms with Crippen molar-refractivity contribution in [1.29, 1.82) is 0 Å². The van der Waals surface area contributed by atoms with Crippen molar-refractivity contribution in [2.75, 3.05) is 40.0 Å². The number of nitrogens with zero attached hydrogens (tertiary/aromatic N) is 3. The summed E-state index contributed by atoms with van der Waals surface area (Å²) in [5.41, 5.74) is -0.276. The van der Waals surface area contributed by atoms with Crippen LogP contribution in [0.2, 0.25) is 0 Å². The SMILES string of the molecule is COCCC1(c2noc(C3CCOCC3)n2)CCCN(C(=O)CCC2CCCCC2)C1. The molecule has 0 spiro atoms. The fourth-order valence-electron chi connectivity index (χ4n) is 5.66. The van der Waals surface area contributed by atoms with Gasteiger partial charge in [0, 0.05) is 52.4 Å². The minimum absolute atomic E-state index is 0.276. The summed E-state index contributed by atoms with van der Waals surface area (Å²) in [5, 5.41) is 4.43. The first-order valence-corrected chi connectivity index (χ1v) is 12.4. The van der Waals surface area contributed by atoms with E-state index in [4.69, 9.17) is 19.0 Å². The van der Waals surface area contributed by atoms with Gasteiger partial charge in [-0.3, -0.25) is 4.79 Å². The van der Waals surface area contributed by atoms with E-state index in [9.17, 15) is 4.79 Å². The second kappa shape index (κ2) is 10.9. The Balaban J connectivity index is 1.43. The molecular formula is C24H39N3O4. The molecule has 1 saturated carbocycles. The zero-order valence-electron chi connectivity index (χ0n) is 19.2. The lowest BCUT2D eigenvalue weighted by Gasteiger charge is -2.41. The van der Waals surface area contributed by atoms with Gasteiger partial charge >= 0.3 is 0 Å². The highest BCUT2D eigenvalue weighted by Crippen LogP contribution is 2.38. The van der Waals surface area contributed by atoms with Gasteiger partial charge < -0.3 is 18.9 Å². The van der Waals surface area contributed by atoms with Gasteiger partial charge in [0.1, 0.15) is 0 Å². The van der Waals surface area contributed by atoms with E-state index in [0.717, 1.165) is 75.9 Å². The summed E-state index contributed by atoms with van der Waals surface area (Å²) in [6.45, 7) is 3.64. The molecule has 0 radical (unpaired) electrons. The maximum Gasteiger partial charge on any atom is 0.229 e. The van der Waals surface area contributed by atoms with Crippen LogP contribution < -0.4 is 0 Å². The highest BCUT2D eigenvalue weighted by Gasteiger charge is 2.42. The molecular weight excluding hydrogens is 394 g/mol. The minimum atomic E-state index is -0.276. The fourth-order valence-corrected chi connectivity index (χ4v) is 5.66. The first kappa shape index (κ1) is 22.7. The van der Waals surface area contributed by atoms with Gasteiger partial charge in [-0.2, -0.15) is 4.98 Å². The number of amides is 1. The third-order valence-electron chi connectivity index (χ3n) is 7.69. The first-order chi connectivity index (χ1) is 15.2. The molecule has 3 aliphatic rings. The van der Waals surface area contributed by atoms with E-state index in [1.165, 1.54) is 32.1 Å². The second-order valence-corrected chi connectivity index (χ2v) is 9.83. The average molecular weight is 434 g/mol. The molecule has 31 heavy (non-hydrogen) atoms. The number of aromatic nitrogens is 2. The van der Waals surface area contributed by atoms with E-state index >= 15 is 0 Å². The van der Waals surface area contributed by atoms with Crippen LogP contribution in [0.3, 0.4) is 0 Å². The zero-order chi connectivity index (χ0) is 21.5. The number of hydrogen-bond acceptors (Lipinski definition) is 6.